The molecule has 2 aromatic rings. The molecule has 0 aromatic heterocycles. The van der Waals surface area contributed by atoms with Gasteiger partial charge in [0.1, 0.15) is 0 Å². The van der Waals surface area contributed by atoms with Crippen LogP contribution in [0.5, 0.6) is 0 Å². The van der Waals surface area contributed by atoms with Gasteiger partial charge in [0.25, 0.3) is 5.69 Å². The Morgan fingerprint density at radius 1 is 0.808 bits per heavy atom. The Bertz CT molecular complexity index is 782. The van der Waals surface area contributed by atoms with Crippen molar-refractivity contribution in [3.63, 3.8) is 0 Å². The molecule has 2 N–H and O–H groups in total. The van der Waals surface area contributed by atoms with Gasteiger partial charge in [-0.05, 0) is 47.4 Å². The third kappa shape index (κ3) is 5.87. The average Bonchev–Trinajstić information content (AvgIpc) is 2.48. The minimum absolute atomic E-state index is 0.0432. The number of nitro benzene ring substituents is 1. The molecule has 0 atom stereocenters. The van der Waals surface area contributed by atoms with Gasteiger partial charge in [-0.3, -0.25) is 10.1 Å². The number of nitrogens with two attached hydrogens (primary N) is 1. The van der Waals surface area contributed by atoms with E-state index < -0.39 is 0 Å². The summed E-state index contributed by atoms with van der Waals surface area (Å²) in [5.41, 5.74) is 11.2. The second kappa shape index (κ2) is 7.90. The molecule has 0 aliphatic carbocycles. The Morgan fingerprint density at radius 2 is 1.23 bits per heavy atom. The van der Waals surface area contributed by atoms with E-state index in [2.05, 4.69) is 39.0 Å². The van der Waals surface area contributed by atoms with E-state index in [-0.39, 0.29) is 21.4 Å². The normalized spacial score (nSPS) is 11.5. The van der Waals surface area contributed by atoms with E-state index in [1.165, 1.54) is 5.56 Å². The molecule has 0 radical (unpaired) electrons. The number of rotatable bonds is 1. The highest BCUT2D eigenvalue weighted by molar-refractivity contribution is 5.49. The van der Waals surface area contributed by atoms with Gasteiger partial charge < -0.3 is 5.73 Å². The lowest BCUT2D eigenvalue weighted by molar-refractivity contribution is -0.385. The maximum absolute atomic E-state index is 10.7. The topological polar surface area (TPSA) is 69.2 Å². The summed E-state index contributed by atoms with van der Waals surface area (Å²) in [5, 5.41) is 10.7. The predicted molar refractivity (Wildman–Crippen MR) is 111 cm³/mol. The van der Waals surface area contributed by atoms with Gasteiger partial charge in [0.05, 0.1) is 4.92 Å². The molecule has 0 unspecified atom stereocenters. The maximum atomic E-state index is 10.7. The van der Waals surface area contributed by atoms with Crippen molar-refractivity contribution in [3.8, 4) is 0 Å². The van der Waals surface area contributed by atoms with Crippen LogP contribution >= 0.6 is 0 Å². The molecule has 0 aliphatic heterocycles. The molecule has 0 aliphatic rings. The molecule has 0 heterocycles. The molecule has 142 valence electrons. The van der Waals surface area contributed by atoms with Gasteiger partial charge in [-0.25, -0.2) is 0 Å². The van der Waals surface area contributed by atoms with E-state index in [1.807, 2.05) is 33.8 Å². The number of nitrogen functional groups attached to an aromatic ring is 1. The number of anilines is 1. The lowest BCUT2D eigenvalue weighted by Gasteiger charge is -2.19. The molecule has 2 aromatic carbocycles. The summed E-state index contributed by atoms with van der Waals surface area (Å²) in [6.07, 6.45) is 0. The Morgan fingerprint density at radius 3 is 1.62 bits per heavy atom. The van der Waals surface area contributed by atoms with Crippen LogP contribution in [-0.2, 0) is 10.8 Å². The molecule has 2 rings (SSSR count). The third-order valence-corrected chi connectivity index (χ3v) is 4.42. The van der Waals surface area contributed by atoms with Crippen LogP contribution < -0.4 is 5.73 Å². The molecule has 26 heavy (non-hydrogen) atoms. The van der Waals surface area contributed by atoms with Crippen LogP contribution in [-0.4, -0.2) is 4.92 Å². The van der Waals surface area contributed by atoms with E-state index in [0.717, 1.165) is 16.8 Å². The Hall–Kier alpha value is -2.36. The van der Waals surface area contributed by atoms with Crippen molar-refractivity contribution >= 4 is 11.4 Å². The van der Waals surface area contributed by atoms with Crippen molar-refractivity contribution in [1.29, 1.82) is 0 Å². The second-order valence-electron chi connectivity index (χ2n) is 8.83. The van der Waals surface area contributed by atoms with Crippen molar-refractivity contribution < 1.29 is 4.92 Å². The highest BCUT2D eigenvalue weighted by atomic mass is 16.6. The highest BCUT2D eigenvalue weighted by Crippen LogP contribution is 2.28. The number of nitro groups is 1. The fourth-order valence-corrected chi connectivity index (χ4v) is 2.38. The highest BCUT2D eigenvalue weighted by Gasteiger charge is 2.18. The first-order chi connectivity index (χ1) is 11.7. The molecule has 0 amide bonds. The van der Waals surface area contributed by atoms with Gasteiger partial charge in [0.15, 0.2) is 0 Å². The van der Waals surface area contributed by atoms with Crippen LogP contribution in [0, 0.1) is 24.0 Å². The first-order valence-corrected chi connectivity index (χ1v) is 8.85. The first kappa shape index (κ1) is 21.7. The van der Waals surface area contributed by atoms with Gasteiger partial charge in [-0.2, -0.15) is 0 Å². The van der Waals surface area contributed by atoms with Crippen molar-refractivity contribution in [2.45, 2.75) is 66.2 Å². The summed E-state index contributed by atoms with van der Waals surface area (Å²) in [6.45, 7) is 16.5. The smallest absolute Gasteiger partial charge is 0.272 e. The van der Waals surface area contributed by atoms with Gasteiger partial charge in [-0.15, -0.1) is 0 Å². The number of benzene rings is 2. The Balaban J connectivity index is 0.000000263. The molecule has 0 saturated carbocycles. The number of aryl methyl sites for hydroxylation is 2. The van der Waals surface area contributed by atoms with Crippen molar-refractivity contribution in [2.75, 3.05) is 5.73 Å². The second-order valence-corrected chi connectivity index (χ2v) is 8.83. The van der Waals surface area contributed by atoms with E-state index in [1.54, 1.807) is 19.1 Å². The van der Waals surface area contributed by atoms with Crippen LogP contribution in [0.4, 0.5) is 11.4 Å². The average molecular weight is 357 g/mol. The monoisotopic (exact) mass is 356 g/mol. The lowest BCUT2D eigenvalue weighted by Crippen LogP contribution is -2.11. The number of hydrogen-bond donors (Lipinski definition) is 1. The van der Waals surface area contributed by atoms with Gasteiger partial charge in [0.2, 0.25) is 0 Å². The first-order valence-electron chi connectivity index (χ1n) is 8.85. The van der Waals surface area contributed by atoms with Crippen LogP contribution in [0.2, 0.25) is 0 Å². The van der Waals surface area contributed by atoms with Crippen LogP contribution in [0.25, 0.3) is 0 Å². The molecule has 0 bridgehead atoms. The summed E-state index contributed by atoms with van der Waals surface area (Å²) >= 11 is 0. The Labute approximate surface area is 157 Å². The van der Waals surface area contributed by atoms with Crippen LogP contribution in [0.15, 0.2) is 36.4 Å². The van der Waals surface area contributed by atoms with E-state index >= 15 is 0 Å². The fraction of sp³-hybridized carbons (Fsp3) is 0.455. The van der Waals surface area contributed by atoms with E-state index in [9.17, 15) is 10.1 Å². The third-order valence-electron chi connectivity index (χ3n) is 4.42. The summed E-state index contributed by atoms with van der Waals surface area (Å²) in [5.74, 6) is 0. The summed E-state index contributed by atoms with van der Waals surface area (Å²) < 4.78 is 0. The molecule has 4 nitrogen and oxygen atoms in total. The van der Waals surface area contributed by atoms with Crippen LogP contribution in [0.3, 0.4) is 0 Å². The minimum Gasteiger partial charge on any atom is -0.399 e. The predicted octanol–water partition coefficient (Wildman–Crippen LogP) is 6.08. The van der Waals surface area contributed by atoms with Crippen molar-refractivity contribution in [1.82, 2.24) is 0 Å². The standard InChI is InChI=1S/C11H15NO2.C11H17N/c1-8-5-6-9(11(2,3)4)7-10(8)12(13)14;1-8-5-6-9(7-10(8)12)11(2,3)4/h5-7H,1-4H3;5-7H,12H2,1-4H3. The molecule has 0 saturated heterocycles. The van der Waals surface area contributed by atoms with Crippen molar-refractivity contribution in [2.24, 2.45) is 0 Å². The number of nitrogens with zero attached hydrogens (tertiary/aromatic N) is 1. The van der Waals surface area contributed by atoms with Gasteiger partial charge in [0, 0.05) is 17.3 Å². The summed E-state index contributed by atoms with van der Waals surface area (Å²) in [7, 11) is 0. The quantitative estimate of drug-likeness (QED) is 0.383. The van der Waals surface area contributed by atoms with Gasteiger partial charge in [-0.1, -0.05) is 65.8 Å². The number of hydrogen-bond acceptors (Lipinski definition) is 3. The molecule has 4 heteroatoms. The zero-order valence-corrected chi connectivity index (χ0v) is 17.3. The zero-order chi connectivity index (χ0) is 20.3. The minimum atomic E-state index is -0.329. The lowest BCUT2D eigenvalue weighted by atomic mass is 9.86. The summed E-state index contributed by atoms with van der Waals surface area (Å²) in [6, 6.07) is 11.7. The van der Waals surface area contributed by atoms with Crippen LogP contribution in [0.1, 0.15) is 63.8 Å². The molecular weight excluding hydrogens is 324 g/mol. The summed E-state index contributed by atoms with van der Waals surface area (Å²) in [4.78, 5) is 10.4. The van der Waals surface area contributed by atoms with Gasteiger partial charge >= 0.3 is 0 Å². The molecule has 0 spiro atoms. The Kier molecular flexibility index (Phi) is 6.59. The fourth-order valence-electron chi connectivity index (χ4n) is 2.38. The maximum Gasteiger partial charge on any atom is 0.272 e. The zero-order valence-electron chi connectivity index (χ0n) is 17.3. The largest absolute Gasteiger partial charge is 0.399 e. The van der Waals surface area contributed by atoms with Crippen molar-refractivity contribution in [3.05, 3.63) is 68.8 Å². The van der Waals surface area contributed by atoms with E-state index in [4.69, 9.17) is 5.73 Å². The SMILES string of the molecule is Cc1ccc(C(C)(C)C)cc1N.Cc1ccc(C(C)(C)C)cc1[N+](=O)[O-]. The van der Waals surface area contributed by atoms with E-state index in [0.29, 0.717) is 5.56 Å². The molecular formula is C22H32N2O2. The molecule has 0 fully saturated rings.